The summed E-state index contributed by atoms with van der Waals surface area (Å²) in [5, 5.41) is 12.0. The van der Waals surface area contributed by atoms with Gasteiger partial charge in [0.2, 0.25) is 0 Å². The molecule has 2 amide bonds. The van der Waals surface area contributed by atoms with Gasteiger partial charge in [0.25, 0.3) is 11.8 Å². The topological polar surface area (TPSA) is 73.3 Å². The van der Waals surface area contributed by atoms with Gasteiger partial charge in [0.1, 0.15) is 0 Å². The summed E-state index contributed by atoms with van der Waals surface area (Å²) < 4.78 is 5.66. The summed E-state index contributed by atoms with van der Waals surface area (Å²) in [5.41, 5.74) is 2.30. The van der Waals surface area contributed by atoms with Crippen LogP contribution in [0.1, 0.15) is 26.3 Å². The SMILES string of the molecule is O=C1c2cccc3cccc(c23)C(=O)N1CCN1CCN(C[C@H](O)COCc2ccccc2)CC1. The van der Waals surface area contributed by atoms with E-state index in [1.807, 2.05) is 54.6 Å². The number of hydrogen-bond donors (Lipinski definition) is 1. The van der Waals surface area contributed by atoms with E-state index in [1.54, 1.807) is 12.1 Å². The van der Waals surface area contributed by atoms with E-state index in [1.165, 1.54) is 4.90 Å². The highest BCUT2D eigenvalue weighted by atomic mass is 16.5. The van der Waals surface area contributed by atoms with Gasteiger partial charge in [-0.25, -0.2) is 0 Å². The Balaban J connectivity index is 1.07. The molecule has 2 aliphatic heterocycles. The van der Waals surface area contributed by atoms with Gasteiger partial charge < -0.3 is 9.84 Å². The third-order valence-electron chi connectivity index (χ3n) is 6.85. The van der Waals surface area contributed by atoms with E-state index in [0.717, 1.165) is 42.5 Å². The van der Waals surface area contributed by atoms with Crippen LogP contribution in [0.4, 0.5) is 0 Å². The van der Waals surface area contributed by atoms with Crippen LogP contribution in [0.5, 0.6) is 0 Å². The van der Waals surface area contributed by atoms with Crippen LogP contribution in [-0.4, -0.2) is 90.1 Å². The van der Waals surface area contributed by atoms with Crippen molar-refractivity contribution in [2.75, 3.05) is 52.4 Å². The molecule has 1 atom stereocenters. The first-order valence-corrected chi connectivity index (χ1v) is 12.2. The summed E-state index contributed by atoms with van der Waals surface area (Å²) in [7, 11) is 0. The standard InChI is InChI=1S/C28H31N3O4/c32-23(20-35-19-21-6-2-1-3-7-21)18-30-14-12-29(13-15-30)16-17-31-27(33)24-10-4-8-22-9-5-11-25(26(22)24)28(31)34/h1-11,23,32H,12-20H2/t23-/m0/s1. The molecule has 0 spiro atoms. The second-order valence-corrected chi connectivity index (χ2v) is 9.27. The summed E-state index contributed by atoms with van der Waals surface area (Å²) in [6.45, 7) is 5.73. The van der Waals surface area contributed by atoms with E-state index < -0.39 is 6.10 Å². The van der Waals surface area contributed by atoms with Crippen LogP contribution in [0.25, 0.3) is 10.8 Å². The number of carbonyl (C=O) groups is 2. The van der Waals surface area contributed by atoms with Crippen LogP contribution in [0.15, 0.2) is 66.7 Å². The van der Waals surface area contributed by atoms with Crippen molar-refractivity contribution in [2.45, 2.75) is 12.7 Å². The molecular formula is C28H31N3O4. The molecule has 2 aliphatic rings. The van der Waals surface area contributed by atoms with Gasteiger partial charge in [0, 0.05) is 62.3 Å². The van der Waals surface area contributed by atoms with Crippen molar-refractivity contribution in [1.82, 2.24) is 14.7 Å². The Kier molecular flexibility index (Phi) is 7.20. The number of piperazine rings is 1. The number of aliphatic hydroxyl groups is 1. The lowest BCUT2D eigenvalue weighted by Gasteiger charge is -2.36. The van der Waals surface area contributed by atoms with Gasteiger partial charge in [-0.3, -0.25) is 24.3 Å². The molecule has 7 nitrogen and oxygen atoms in total. The van der Waals surface area contributed by atoms with Crippen molar-refractivity contribution < 1.29 is 19.4 Å². The molecule has 0 unspecified atom stereocenters. The maximum atomic E-state index is 13.1. The number of β-amino-alcohol motifs (C(OH)–C–C–N with tert-alkyl or cyclic N) is 1. The fourth-order valence-corrected chi connectivity index (χ4v) is 4.96. The molecule has 0 aromatic heterocycles. The van der Waals surface area contributed by atoms with Crippen molar-refractivity contribution in [3.05, 3.63) is 83.4 Å². The first-order valence-electron chi connectivity index (χ1n) is 12.2. The van der Waals surface area contributed by atoms with E-state index in [-0.39, 0.29) is 11.8 Å². The highest BCUT2D eigenvalue weighted by Gasteiger charge is 2.32. The fraction of sp³-hybridized carbons (Fsp3) is 0.357. The van der Waals surface area contributed by atoms with Gasteiger partial charge in [-0.15, -0.1) is 0 Å². The number of carbonyl (C=O) groups excluding carboxylic acids is 2. The summed E-state index contributed by atoms with van der Waals surface area (Å²) in [6, 6.07) is 21.2. The number of imide groups is 1. The van der Waals surface area contributed by atoms with Gasteiger partial charge in [-0.05, 0) is 23.1 Å². The molecule has 1 N–H and O–H groups in total. The number of ether oxygens (including phenoxy) is 1. The second-order valence-electron chi connectivity index (χ2n) is 9.27. The minimum Gasteiger partial charge on any atom is -0.389 e. The Morgan fingerprint density at radius 2 is 1.40 bits per heavy atom. The molecular weight excluding hydrogens is 442 g/mol. The largest absolute Gasteiger partial charge is 0.389 e. The van der Waals surface area contributed by atoms with Crippen molar-refractivity contribution in [3.63, 3.8) is 0 Å². The summed E-state index contributed by atoms with van der Waals surface area (Å²) in [5.74, 6) is -0.423. The minimum absolute atomic E-state index is 0.212. The lowest BCUT2D eigenvalue weighted by molar-refractivity contribution is 0.000963. The van der Waals surface area contributed by atoms with Gasteiger partial charge in [-0.2, -0.15) is 0 Å². The van der Waals surface area contributed by atoms with E-state index >= 15 is 0 Å². The molecule has 1 saturated heterocycles. The van der Waals surface area contributed by atoms with Crippen LogP contribution in [0, 0.1) is 0 Å². The molecule has 3 aromatic carbocycles. The van der Waals surface area contributed by atoms with Crippen molar-refractivity contribution in [3.8, 4) is 0 Å². The van der Waals surface area contributed by atoms with Gasteiger partial charge >= 0.3 is 0 Å². The van der Waals surface area contributed by atoms with Crippen LogP contribution in [0.3, 0.4) is 0 Å². The molecule has 0 bridgehead atoms. The average Bonchev–Trinajstić information content (AvgIpc) is 2.88. The predicted molar refractivity (Wildman–Crippen MR) is 134 cm³/mol. The molecule has 182 valence electrons. The fourth-order valence-electron chi connectivity index (χ4n) is 4.96. The number of benzene rings is 3. The predicted octanol–water partition coefficient (Wildman–Crippen LogP) is 2.63. The zero-order valence-corrected chi connectivity index (χ0v) is 19.8. The van der Waals surface area contributed by atoms with Gasteiger partial charge in [0.15, 0.2) is 0 Å². The molecule has 2 heterocycles. The molecule has 0 saturated carbocycles. The normalized spacial score (nSPS) is 17.8. The van der Waals surface area contributed by atoms with E-state index in [0.29, 0.717) is 44.0 Å². The maximum Gasteiger partial charge on any atom is 0.261 e. The highest BCUT2D eigenvalue weighted by Crippen LogP contribution is 2.29. The van der Waals surface area contributed by atoms with E-state index in [9.17, 15) is 14.7 Å². The van der Waals surface area contributed by atoms with Crippen LogP contribution >= 0.6 is 0 Å². The summed E-state index contributed by atoms with van der Waals surface area (Å²) in [6.07, 6.45) is -0.531. The number of amides is 2. The molecule has 5 rings (SSSR count). The Morgan fingerprint density at radius 3 is 2.06 bits per heavy atom. The quantitative estimate of drug-likeness (QED) is 0.482. The van der Waals surface area contributed by atoms with Crippen LogP contribution < -0.4 is 0 Å². The van der Waals surface area contributed by atoms with Crippen LogP contribution in [0.2, 0.25) is 0 Å². The highest BCUT2D eigenvalue weighted by molar-refractivity contribution is 6.25. The molecule has 7 heteroatoms. The monoisotopic (exact) mass is 473 g/mol. The first-order chi connectivity index (χ1) is 17.1. The van der Waals surface area contributed by atoms with E-state index in [4.69, 9.17) is 4.74 Å². The Labute approximate surface area is 205 Å². The van der Waals surface area contributed by atoms with Crippen LogP contribution in [-0.2, 0) is 11.3 Å². The lowest BCUT2D eigenvalue weighted by atomic mass is 9.94. The smallest absolute Gasteiger partial charge is 0.261 e. The second kappa shape index (κ2) is 10.7. The molecule has 1 fully saturated rings. The Bertz CT molecular complexity index is 1140. The third kappa shape index (κ3) is 5.28. The number of nitrogens with zero attached hydrogens (tertiary/aromatic N) is 3. The number of hydrogen-bond acceptors (Lipinski definition) is 6. The maximum absolute atomic E-state index is 13.1. The summed E-state index contributed by atoms with van der Waals surface area (Å²) >= 11 is 0. The van der Waals surface area contributed by atoms with Crippen molar-refractivity contribution in [2.24, 2.45) is 0 Å². The van der Waals surface area contributed by atoms with Crippen molar-refractivity contribution in [1.29, 1.82) is 0 Å². The van der Waals surface area contributed by atoms with Crippen molar-refractivity contribution >= 4 is 22.6 Å². The number of aliphatic hydroxyl groups excluding tert-OH is 1. The average molecular weight is 474 g/mol. The van der Waals surface area contributed by atoms with Gasteiger partial charge in [-0.1, -0.05) is 54.6 Å². The molecule has 0 radical (unpaired) electrons. The summed E-state index contributed by atoms with van der Waals surface area (Å²) in [4.78, 5) is 32.0. The molecule has 35 heavy (non-hydrogen) atoms. The third-order valence-corrected chi connectivity index (χ3v) is 6.85. The lowest BCUT2D eigenvalue weighted by Crippen LogP contribution is -2.51. The molecule has 0 aliphatic carbocycles. The Morgan fingerprint density at radius 1 is 0.771 bits per heavy atom. The van der Waals surface area contributed by atoms with Gasteiger partial charge in [0.05, 0.1) is 19.3 Å². The first kappa shape index (κ1) is 23.6. The number of rotatable bonds is 9. The van der Waals surface area contributed by atoms with E-state index in [2.05, 4.69) is 9.80 Å². The minimum atomic E-state index is -0.531. The zero-order chi connectivity index (χ0) is 24.2. The molecule has 3 aromatic rings. The Hall–Kier alpha value is -3.10. The zero-order valence-electron chi connectivity index (χ0n) is 19.8.